The smallest absolute Gasteiger partial charge is 0.242 e. The monoisotopic (exact) mass is 511 g/mol. The third-order valence-corrected chi connectivity index (χ3v) is 8.69. The van der Waals surface area contributed by atoms with Gasteiger partial charge in [-0.3, -0.25) is 9.59 Å². The van der Waals surface area contributed by atoms with Crippen molar-refractivity contribution in [2.75, 3.05) is 37.1 Å². The number of hydrogen-bond acceptors (Lipinski definition) is 7. The van der Waals surface area contributed by atoms with Crippen LogP contribution in [0.5, 0.6) is 5.75 Å². The van der Waals surface area contributed by atoms with Crippen molar-refractivity contribution in [3.63, 3.8) is 0 Å². The van der Waals surface area contributed by atoms with Crippen molar-refractivity contribution in [3.05, 3.63) is 48.5 Å². The summed E-state index contributed by atoms with van der Waals surface area (Å²) in [7, 11) is -4.97. The van der Waals surface area contributed by atoms with Crippen LogP contribution >= 0.6 is 0 Å². The summed E-state index contributed by atoms with van der Waals surface area (Å²) in [5.74, 6) is -1.83. The van der Waals surface area contributed by atoms with E-state index in [-0.39, 0.29) is 17.0 Å². The number of anilines is 2. The molecule has 0 radical (unpaired) electrons. The lowest BCUT2D eigenvalue weighted by Crippen LogP contribution is -2.39. The molecule has 0 aliphatic heterocycles. The van der Waals surface area contributed by atoms with Crippen LogP contribution in [0.4, 0.5) is 11.4 Å². The molecule has 2 amide bonds. The Bertz CT molecular complexity index is 1210. The Labute approximate surface area is 200 Å². The Balaban J connectivity index is 2.05. The molecule has 186 valence electrons. The molecule has 34 heavy (non-hydrogen) atoms. The number of hydrogen-bond donors (Lipinski definition) is 2. The summed E-state index contributed by atoms with van der Waals surface area (Å²) < 4.78 is 56.2. The van der Waals surface area contributed by atoms with Crippen LogP contribution in [0, 0.1) is 0 Å². The van der Waals surface area contributed by atoms with Gasteiger partial charge in [0.05, 0.1) is 11.5 Å². The average molecular weight is 512 g/mol. The molecule has 0 bridgehead atoms. The predicted molar refractivity (Wildman–Crippen MR) is 130 cm³/mol. The van der Waals surface area contributed by atoms with Gasteiger partial charge in [-0.2, -0.15) is 0 Å². The molecular weight excluding hydrogens is 482 g/mol. The Morgan fingerprint density at radius 1 is 0.882 bits per heavy atom. The molecule has 12 heteroatoms. The topological polar surface area (TPSA) is 139 Å². The molecular formula is C22H29N3O7S2. The maximum absolute atomic E-state index is 12.8. The molecule has 2 N–H and O–H groups in total. The molecule has 2 aromatic carbocycles. The van der Waals surface area contributed by atoms with Gasteiger partial charge < -0.3 is 15.4 Å². The van der Waals surface area contributed by atoms with E-state index in [2.05, 4.69) is 10.6 Å². The maximum Gasteiger partial charge on any atom is 0.242 e. The molecule has 0 heterocycles. The fourth-order valence-electron chi connectivity index (χ4n) is 3.03. The van der Waals surface area contributed by atoms with E-state index in [0.29, 0.717) is 18.0 Å². The third kappa shape index (κ3) is 7.02. The zero-order valence-electron chi connectivity index (χ0n) is 19.4. The highest BCUT2D eigenvalue weighted by molar-refractivity contribution is 7.93. The molecule has 1 unspecified atom stereocenters. The van der Waals surface area contributed by atoms with Gasteiger partial charge in [-0.1, -0.05) is 6.92 Å². The maximum atomic E-state index is 12.8. The largest absolute Gasteiger partial charge is 0.494 e. The number of ether oxygens (including phenoxy) is 1. The van der Waals surface area contributed by atoms with Crippen LogP contribution in [-0.2, 0) is 29.4 Å². The normalized spacial score (nSPS) is 12.7. The first-order valence-electron chi connectivity index (χ1n) is 10.5. The zero-order chi connectivity index (χ0) is 25.5. The van der Waals surface area contributed by atoms with Crippen LogP contribution in [-0.4, -0.2) is 64.7 Å². The van der Waals surface area contributed by atoms with Crippen LogP contribution in [0.2, 0.25) is 0 Å². The van der Waals surface area contributed by atoms with Crippen LogP contribution in [0.15, 0.2) is 53.4 Å². The SMILES string of the molecule is CCOc1ccc(NC(=O)CS(=O)(=O)C(CC)C(=O)Nc2ccc(S(=O)(=O)N(C)C)cc2)cc1. The van der Waals surface area contributed by atoms with E-state index in [1.807, 2.05) is 6.92 Å². The van der Waals surface area contributed by atoms with Crippen LogP contribution in [0.1, 0.15) is 20.3 Å². The molecule has 10 nitrogen and oxygen atoms in total. The van der Waals surface area contributed by atoms with E-state index < -0.39 is 42.7 Å². The number of carbonyl (C=O) groups excluding carboxylic acids is 2. The standard InChI is InChI=1S/C22H29N3O7S2/c1-5-20(22(27)24-17-9-13-19(14-10-17)34(30,31)25(3)4)33(28,29)15-21(26)23-16-7-11-18(12-8-16)32-6-2/h7-14,20H,5-6,15H2,1-4H3,(H,23,26)(H,24,27). The van der Waals surface area contributed by atoms with E-state index in [1.165, 1.54) is 45.3 Å². The Hall–Kier alpha value is -2.96. The average Bonchev–Trinajstić information content (AvgIpc) is 2.75. The molecule has 0 fully saturated rings. The van der Waals surface area contributed by atoms with Gasteiger partial charge in [0.1, 0.15) is 16.8 Å². The van der Waals surface area contributed by atoms with Gasteiger partial charge in [-0.15, -0.1) is 0 Å². The number of rotatable bonds is 11. The Morgan fingerprint density at radius 2 is 1.41 bits per heavy atom. The number of benzene rings is 2. The quantitative estimate of drug-likeness (QED) is 0.471. The van der Waals surface area contributed by atoms with Crippen molar-refractivity contribution in [1.82, 2.24) is 4.31 Å². The first-order valence-corrected chi connectivity index (χ1v) is 13.6. The second-order valence-electron chi connectivity index (χ2n) is 7.51. The minimum Gasteiger partial charge on any atom is -0.494 e. The molecule has 0 aliphatic rings. The number of carbonyl (C=O) groups is 2. The molecule has 0 aliphatic carbocycles. The summed E-state index contributed by atoms with van der Waals surface area (Å²) in [6.07, 6.45) is -0.0441. The van der Waals surface area contributed by atoms with E-state index in [4.69, 9.17) is 4.74 Å². The van der Waals surface area contributed by atoms with Gasteiger partial charge in [0, 0.05) is 25.5 Å². The lowest BCUT2D eigenvalue weighted by Gasteiger charge is -2.16. The highest BCUT2D eigenvalue weighted by atomic mass is 32.2. The van der Waals surface area contributed by atoms with Crippen LogP contribution in [0.25, 0.3) is 0 Å². The lowest BCUT2D eigenvalue weighted by molar-refractivity contribution is -0.115. The van der Waals surface area contributed by atoms with E-state index >= 15 is 0 Å². The van der Waals surface area contributed by atoms with E-state index in [9.17, 15) is 26.4 Å². The summed E-state index contributed by atoms with van der Waals surface area (Å²) in [5.41, 5.74) is 0.629. The fraction of sp³-hybridized carbons (Fsp3) is 0.364. The summed E-state index contributed by atoms with van der Waals surface area (Å²) in [5, 5.41) is 3.52. The molecule has 0 saturated heterocycles. The summed E-state index contributed by atoms with van der Waals surface area (Å²) in [6, 6.07) is 11.8. The molecule has 0 aromatic heterocycles. The second-order valence-corrected chi connectivity index (χ2v) is 11.8. The molecule has 1 atom stereocenters. The number of amides is 2. The fourth-order valence-corrected chi connectivity index (χ4v) is 5.46. The number of nitrogens with one attached hydrogen (secondary N) is 2. The second kappa shape index (κ2) is 11.4. The summed E-state index contributed by atoms with van der Waals surface area (Å²) in [4.78, 5) is 25.0. The van der Waals surface area contributed by atoms with Crippen molar-refractivity contribution in [1.29, 1.82) is 0 Å². The molecule has 2 rings (SSSR count). The molecule has 2 aromatic rings. The molecule has 0 spiro atoms. The number of sulfonamides is 1. The van der Waals surface area contributed by atoms with Crippen molar-refractivity contribution < 1.29 is 31.2 Å². The minimum absolute atomic E-state index is 0.0288. The summed E-state index contributed by atoms with van der Waals surface area (Å²) >= 11 is 0. The van der Waals surface area contributed by atoms with Crippen molar-refractivity contribution in [2.45, 2.75) is 30.4 Å². The minimum atomic E-state index is -4.12. The highest BCUT2D eigenvalue weighted by Crippen LogP contribution is 2.19. The predicted octanol–water partition coefficient (Wildman–Crippen LogP) is 2.11. The zero-order valence-corrected chi connectivity index (χ0v) is 21.1. The van der Waals surface area contributed by atoms with E-state index in [1.54, 1.807) is 24.3 Å². The van der Waals surface area contributed by atoms with Gasteiger partial charge in [0.15, 0.2) is 9.84 Å². The van der Waals surface area contributed by atoms with Gasteiger partial charge in [0.25, 0.3) is 0 Å². The van der Waals surface area contributed by atoms with Gasteiger partial charge in [0.2, 0.25) is 21.8 Å². The van der Waals surface area contributed by atoms with Crippen molar-refractivity contribution in [2.24, 2.45) is 0 Å². The van der Waals surface area contributed by atoms with Crippen LogP contribution < -0.4 is 15.4 Å². The number of nitrogens with zero attached hydrogens (tertiary/aromatic N) is 1. The highest BCUT2D eigenvalue weighted by Gasteiger charge is 2.33. The Kier molecular flexibility index (Phi) is 9.19. The molecule has 0 saturated carbocycles. The lowest BCUT2D eigenvalue weighted by atomic mass is 10.3. The first-order chi connectivity index (χ1) is 15.9. The van der Waals surface area contributed by atoms with Crippen molar-refractivity contribution >= 4 is 43.0 Å². The summed E-state index contributed by atoms with van der Waals surface area (Å²) in [6.45, 7) is 3.86. The van der Waals surface area contributed by atoms with Gasteiger partial charge >= 0.3 is 0 Å². The van der Waals surface area contributed by atoms with Gasteiger partial charge in [-0.25, -0.2) is 21.1 Å². The van der Waals surface area contributed by atoms with Gasteiger partial charge in [-0.05, 0) is 61.9 Å². The Morgan fingerprint density at radius 3 is 1.91 bits per heavy atom. The third-order valence-electron chi connectivity index (χ3n) is 4.78. The number of sulfone groups is 1. The van der Waals surface area contributed by atoms with Crippen molar-refractivity contribution in [3.8, 4) is 5.75 Å². The van der Waals surface area contributed by atoms with E-state index in [0.717, 1.165) is 4.31 Å². The first kappa shape index (κ1) is 27.3. The van der Waals surface area contributed by atoms with Crippen LogP contribution in [0.3, 0.4) is 0 Å².